The molecule has 0 N–H and O–H groups in total. The third-order valence-electron chi connectivity index (χ3n) is 2.88. The Morgan fingerprint density at radius 2 is 1.81 bits per heavy atom. The maximum Gasteiger partial charge on any atom is 0.168 e. The summed E-state index contributed by atoms with van der Waals surface area (Å²) in [6.45, 7) is 8.42. The van der Waals surface area contributed by atoms with E-state index in [0.29, 0.717) is 17.4 Å². The van der Waals surface area contributed by atoms with Crippen LogP contribution in [-0.2, 0) is 0 Å². The van der Waals surface area contributed by atoms with Crippen LogP contribution in [0.1, 0.15) is 50.8 Å². The quantitative estimate of drug-likeness (QED) is 0.754. The summed E-state index contributed by atoms with van der Waals surface area (Å²) in [7, 11) is 0. The van der Waals surface area contributed by atoms with Gasteiger partial charge in [0.1, 0.15) is 5.52 Å². The van der Waals surface area contributed by atoms with Crippen LogP contribution in [0.15, 0.2) is 18.3 Å². The SMILES string of the molecule is CC(C)c1cc(C(C)C)n2ncc(F)c2c1. The number of pyridine rings is 1. The van der Waals surface area contributed by atoms with Gasteiger partial charge >= 0.3 is 0 Å². The predicted molar refractivity (Wildman–Crippen MR) is 63.3 cm³/mol. The lowest BCUT2D eigenvalue weighted by Crippen LogP contribution is -2.03. The molecule has 2 rings (SSSR count). The summed E-state index contributed by atoms with van der Waals surface area (Å²) in [5, 5.41) is 4.08. The van der Waals surface area contributed by atoms with Crippen molar-refractivity contribution in [3.05, 3.63) is 35.4 Å². The number of halogens is 1. The lowest BCUT2D eigenvalue weighted by molar-refractivity contribution is 0.638. The van der Waals surface area contributed by atoms with E-state index in [4.69, 9.17) is 0 Å². The van der Waals surface area contributed by atoms with E-state index < -0.39 is 0 Å². The van der Waals surface area contributed by atoms with Crippen LogP contribution in [0.25, 0.3) is 5.52 Å². The molecule has 86 valence electrons. The molecule has 0 saturated carbocycles. The van der Waals surface area contributed by atoms with Gasteiger partial charge in [-0.3, -0.25) is 0 Å². The average Bonchev–Trinajstić information content (AvgIpc) is 2.59. The van der Waals surface area contributed by atoms with Gasteiger partial charge in [-0.2, -0.15) is 5.10 Å². The first-order chi connectivity index (χ1) is 7.50. The van der Waals surface area contributed by atoms with Crippen molar-refractivity contribution in [1.82, 2.24) is 9.61 Å². The fourth-order valence-electron chi connectivity index (χ4n) is 1.85. The molecule has 2 aromatic rings. The predicted octanol–water partition coefficient (Wildman–Crippen LogP) is 3.72. The molecule has 0 fully saturated rings. The zero-order chi connectivity index (χ0) is 11.9. The fraction of sp³-hybridized carbons (Fsp3) is 0.462. The van der Waals surface area contributed by atoms with Gasteiger partial charge in [-0.1, -0.05) is 27.7 Å². The molecular weight excluding hydrogens is 203 g/mol. The van der Waals surface area contributed by atoms with Crippen LogP contribution >= 0.6 is 0 Å². The minimum Gasteiger partial charge on any atom is -0.234 e. The minimum absolute atomic E-state index is 0.246. The van der Waals surface area contributed by atoms with Crippen LogP contribution in [-0.4, -0.2) is 9.61 Å². The largest absolute Gasteiger partial charge is 0.234 e. The molecule has 0 spiro atoms. The normalized spacial score (nSPS) is 11.9. The smallest absolute Gasteiger partial charge is 0.168 e. The second kappa shape index (κ2) is 3.89. The zero-order valence-electron chi connectivity index (χ0n) is 10.2. The van der Waals surface area contributed by atoms with Gasteiger partial charge in [0, 0.05) is 5.69 Å². The molecule has 3 heteroatoms. The van der Waals surface area contributed by atoms with Crippen molar-refractivity contribution in [3.8, 4) is 0 Å². The van der Waals surface area contributed by atoms with E-state index in [-0.39, 0.29) is 5.82 Å². The van der Waals surface area contributed by atoms with E-state index in [1.807, 2.05) is 6.07 Å². The molecule has 16 heavy (non-hydrogen) atoms. The monoisotopic (exact) mass is 220 g/mol. The summed E-state index contributed by atoms with van der Waals surface area (Å²) >= 11 is 0. The molecule has 0 unspecified atom stereocenters. The van der Waals surface area contributed by atoms with E-state index >= 15 is 0 Å². The van der Waals surface area contributed by atoms with E-state index in [9.17, 15) is 4.39 Å². The van der Waals surface area contributed by atoms with Crippen molar-refractivity contribution in [1.29, 1.82) is 0 Å². The van der Waals surface area contributed by atoms with Crippen molar-refractivity contribution >= 4 is 5.52 Å². The van der Waals surface area contributed by atoms with E-state index in [1.54, 1.807) is 4.52 Å². The van der Waals surface area contributed by atoms with E-state index in [2.05, 4.69) is 38.9 Å². The van der Waals surface area contributed by atoms with Crippen molar-refractivity contribution in [2.75, 3.05) is 0 Å². The number of rotatable bonds is 2. The molecule has 0 aromatic carbocycles. The Hall–Kier alpha value is -1.38. The van der Waals surface area contributed by atoms with Crippen LogP contribution in [0.4, 0.5) is 4.39 Å². The molecule has 0 aliphatic heterocycles. The Kier molecular flexibility index (Phi) is 2.70. The number of aromatic nitrogens is 2. The molecule has 2 heterocycles. The number of hydrogen-bond acceptors (Lipinski definition) is 1. The highest BCUT2D eigenvalue weighted by atomic mass is 19.1. The standard InChI is InChI=1S/C13H17FN2/c1-8(2)10-5-12(9(3)4)16-13(6-10)11(14)7-15-16/h5-9H,1-4H3. The van der Waals surface area contributed by atoms with Gasteiger partial charge in [0.2, 0.25) is 0 Å². The Bertz CT molecular complexity index is 512. The molecule has 2 aromatic heterocycles. The molecular formula is C13H17FN2. The van der Waals surface area contributed by atoms with Crippen LogP contribution in [0.2, 0.25) is 0 Å². The Morgan fingerprint density at radius 1 is 1.12 bits per heavy atom. The van der Waals surface area contributed by atoms with Crippen molar-refractivity contribution in [3.63, 3.8) is 0 Å². The van der Waals surface area contributed by atoms with Crippen LogP contribution < -0.4 is 0 Å². The van der Waals surface area contributed by atoms with Gasteiger partial charge in [0.25, 0.3) is 0 Å². The van der Waals surface area contributed by atoms with Gasteiger partial charge in [-0.25, -0.2) is 8.91 Å². The molecule has 0 atom stereocenters. The van der Waals surface area contributed by atoms with Crippen LogP contribution in [0, 0.1) is 5.82 Å². The molecule has 0 aliphatic rings. The van der Waals surface area contributed by atoms with Crippen LogP contribution in [0.5, 0.6) is 0 Å². The molecule has 0 amide bonds. The number of nitrogens with zero attached hydrogens (tertiary/aromatic N) is 2. The fourth-order valence-corrected chi connectivity index (χ4v) is 1.85. The molecule has 0 radical (unpaired) electrons. The first kappa shape index (κ1) is 11.1. The highest BCUT2D eigenvalue weighted by Gasteiger charge is 2.13. The average molecular weight is 220 g/mol. The highest BCUT2D eigenvalue weighted by molar-refractivity contribution is 5.51. The molecule has 0 saturated heterocycles. The third-order valence-corrected chi connectivity index (χ3v) is 2.88. The summed E-state index contributed by atoms with van der Waals surface area (Å²) in [5.74, 6) is 0.488. The second-order valence-corrected chi connectivity index (χ2v) is 4.81. The van der Waals surface area contributed by atoms with Gasteiger partial charge in [-0.15, -0.1) is 0 Å². The highest BCUT2D eigenvalue weighted by Crippen LogP contribution is 2.24. The Morgan fingerprint density at radius 3 is 2.38 bits per heavy atom. The number of fused-ring (bicyclic) bond motifs is 1. The Balaban J connectivity index is 2.75. The first-order valence-electron chi connectivity index (χ1n) is 5.67. The second-order valence-electron chi connectivity index (χ2n) is 4.81. The van der Waals surface area contributed by atoms with Crippen molar-refractivity contribution in [2.45, 2.75) is 39.5 Å². The van der Waals surface area contributed by atoms with Gasteiger partial charge in [-0.05, 0) is 29.5 Å². The first-order valence-corrected chi connectivity index (χ1v) is 5.67. The number of hydrogen-bond donors (Lipinski definition) is 0. The lowest BCUT2D eigenvalue weighted by atomic mass is 9.99. The topological polar surface area (TPSA) is 17.3 Å². The Labute approximate surface area is 95.1 Å². The van der Waals surface area contributed by atoms with Gasteiger partial charge < -0.3 is 0 Å². The maximum atomic E-state index is 13.5. The van der Waals surface area contributed by atoms with E-state index in [1.165, 1.54) is 6.20 Å². The van der Waals surface area contributed by atoms with Crippen LogP contribution in [0.3, 0.4) is 0 Å². The maximum absolute atomic E-state index is 13.5. The van der Waals surface area contributed by atoms with Gasteiger partial charge in [0.15, 0.2) is 5.82 Å². The summed E-state index contributed by atoms with van der Waals surface area (Å²) in [5.41, 5.74) is 2.80. The molecule has 2 nitrogen and oxygen atoms in total. The van der Waals surface area contributed by atoms with E-state index in [0.717, 1.165) is 11.3 Å². The minimum atomic E-state index is -0.246. The summed E-state index contributed by atoms with van der Waals surface area (Å²) in [6, 6.07) is 4.01. The molecule has 0 aliphatic carbocycles. The molecule has 0 bridgehead atoms. The summed E-state index contributed by atoms with van der Waals surface area (Å²) in [4.78, 5) is 0. The van der Waals surface area contributed by atoms with Crippen molar-refractivity contribution in [2.24, 2.45) is 0 Å². The lowest BCUT2D eigenvalue weighted by Gasteiger charge is -2.13. The summed E-state index contributed by atoms with van der Waals surface area (Å²) in [6.07, 6.45) is 1.28. The zero-order valence-corrected chi connectivity index (χ0v) is 10.2. The summed E-state index contributed by atoms with van der Waals surface area (Å²) < 4.78 is 15.2. The van der Waals surface area contributed by atoms with Crippen molar-refractivity contribution < 1.29 is 4.39 Å². The third kappa shape index (κ3) is 1.70. The van der Waals surface area contributed by atoms with Gasteiger partial charge in [0.05, 0.1) is 6.20 Å².